The summed E-state index contributed by atoms with van der Waals surface area (Å²) in [7, 11) is 3.70. The third-order valence-electron chi connectivity index (χ3n) is 4.85. The molecule has 1 unspecified atom stereocenters. The van der Waals surface area contributed by atoms with Gasteiger partial charge in [0.25, 0.3) is 5.91 Å². The van der Waals surface area contributed by atoms with E-state index in [-0.39, 0.29) is 11.7 Å². The zero-order chi connectivity index (χ0) is 21.7. The number of rotatable bonds is 8. The first-order chi connectivity index (χ1) is 14.3. The molecule has 0 saturated carbocycles. The van der Waals surface area contributed by atoms with Crippen LogP contribution in [0.25, 0.3) is 11.3 Å². The van der Waals surface area contributed by atoms with E-state index in [2.05, 4.69) is 39.2 Å². The molecule has 0 aliphatic heterocycles. The van der Waals surface area contributed by atoms with Gasteiger partial charge in [-0.2, -0.15) is 5.10 Å². The van der Waals surface area contributed by atoms with Gasteiger partial charge in [0, 0.05) is 20.6 Å². The second kappa shape index (κ2) is 9.89. The molecule has 3 rings (SSSR count). The van der Waals surface area contributed by atoms with E-state index < -0.39 is 6.10 Å². The van der Waals surface area contributed by atoms with Gasteiger partial charge in [0.2, 0.25) is 0 Å². The number of aryl methyl sites for hydroxylation is 2. The number of hydrogen-bond acceptors (Lipinski definition) is 3. The number of nitrogens with zero attached hydrogens (tertiary/aromatic N) is 3. The SMILES string of the molecule is CC(Oc1ccc(F)cc1Br)C(=O)N(C)CCCc1cc(-c2ccccc2)n(C)n1. The molecule has 7 heteroatoms. The first kappa shape index (κ1) is 22.0. The van der Waals surface area contributed by atoms with Gasteiger partial charge in [0.05, 0.1) is 15.9 Å². The number of likely N-dealkylation sites (N-methyl/N-ethyl adjacent to an activating group) is 1. The molecule has 1 atom stereocenters. The van der Waals surface area contributed by atoms with Crippen LogP contribution in [0.5, 0.6) is 5.75 Å². The minimum Gasteiger partial charge on any atom is -0.480 e. The Balaban J connectivity index is 1.51. The number of carbonyl (C=O) groups is 1. The van der Waals surface area contributed by atoms with E-state index in [1.165, 1.54) is 18.2 Å². The minimum atomic E-state index is -0.670. The van der Waals surface area contributed by atoms with Crippen molar-refractivity contribution >= 4 is 21.8 Å². The molecule has 30 heavy (non-hydrogen) atoms. The zero-order valence-electron chi connectivity index (χ0n) is 17.3. The molecule has 0 fully saturated rings. The third kappa shape index (κ3) is 5.48. The molecule has 3 aromatic rings. The first-order valence-electron chi connectivity index (χ1n) is 9.80. The van der Waals surface area contributed by atoms with Crippen LogP contribution < -0.4 is 4.74 Å². The molecule has 5 nitrogen and oxygen atoms in total. The summed E-state index contributed by atoms with van der Waals surface area (Å²) in [5, 5.41) is 4.59. The van der Waals surface area contributed by atoms with E-state index in [1.807, 2.05) is 29.9 Å². The Morgan fingerprint density at radius 3 is 2.67 bits per heavy atom. The van der Waals surface area contributed by atoms with Gasteiger partial charge >= 0.3 is 0 Å². The average molecular weight is 474 g/mol. The molecule has 0 spiro atoms. The fourth-order valence-electron chi connectivity index (χ4n) is 3.26. The van der Waals surface area contributed by atoms with Crippen LogP contribution in [0.15, 0.2) is 59.1 Å². The molecule has 158 valence electrons. The van der Waals surface area contributed by atoms with Crippen LogP contribution >= 0.6 is 15.9 Å². The summed E-state index contributed by atoms with van der Waals surface area (Å²) in [6.45, 7) is 2.29. The number of benzene rings is 2. The highest BCUT2D eigenvalue weighted by molar-refractivity contribution is 9.10. The number of halogens is 2. The van der Waals surface area contributed by atoms with E-state index in [4.69, 9.17) is 4.74 Å². The maximum atomic E-state index is 13.2. The van der Waals surface area contributed by atoms with Crippen molar-refractivity contribution in [2.24, 2.45) is 7.05 Å². The highest BCUT2D eigenvalue weighted by atomic mass is 79.9. The lowest BCUT2D eigenvalue weighted by Crippen LogP contribution is -2.38. The molecule has 0 radical (unpaired) electrons. The van der Waals surface area contributed by atoms with Crippen LogP contribution in [0.3, 0.4) is 0 Å². The predicted molar refractivity (Wildman–Crippen MR) is 119 cm³/mol. The van der Waals surface area contributed by atoms with Crippen molar-refractivity contribution in [3.05, 3.63) is 70.6 Å². The van der Waals surface area contributed by atoms with Crippen molar-refractivity contribution < 1.29 is 13.9 Å². The van der Waals surface area contributed by atoms with Gasteiger partial charge in [-0.05, 0) is 65.5 Å². The number of hydrogen-bond donors (Lipinski definition) is 0. The fourth-order valence-corrected chi connectivity index (χ4v) is 3.70. The maximum Gasteiger partial charge on any atom is 0.263 e. The number of ether oxygens (including phenoxy) is 1. The monoisotopic (exact) mass is 473 g/mol. The van der Waals surface area contributed by atoms with Gasteiger partial charge in [0.15, 0.2) is 6.10 Å². The summed E-state index contributed by atoms with van der Waals surface area (Å²) >= 11 is 3.26. The highest BCUT2D eigenvalue weighted by Crippen LogP contribution is 2.26. The van der Waals surface area contributed by atoms with Crippen LogP contribution in [0.1, 0.15) is 19.0 Å². The molecule has 1 aromatic heterocycles. The largest absolute Gasteiger partial charge is 0.480 e. The Bertz CT molecular complexity index is 1010. The van der Waals surface area contributed by atoms with Crippen molar-refractivity contribution in [3.8, 4) is 17.0 Å². The van der Waals surface area contributed by atoms with Crippen LogP contribution in [-0.4, -0.2) is 40.3 Å². The Hall–Kier alpha value is -2.67. The molecule has 0 aliphatic rings. The van der Waals surface area contributed by atoms with Crippen LogP contribution in [0.2, 0.25) is 0 Å². The van der Waals surface area contributed by atoms with Gasteiger partial charge < -0.3 is 9.64 Å². The first-order valence-corrected chi connectivity index (χ1v) is 10.6. The van der Waals surface area contributed by atoms with E-state index in [0.29, 0.717) is 16.8 Å². The Labute approximate surface area is 184 Å². The van der Waals surface area contributed by atoms with E-state index in [9.17, 15) is 9.18 Å². The van der Waals surface area contributed by atoms with E-state index in [0.717, 1.165) is 29.8 Å². The van der Waals surface area contributed by atoms with Crippen molar-refractivity contribution in [1.82, 2.24) is 14.7 Å². The molecule has 0 N–H and O–H groups in total. The minimum absolute atomic E-state index is 0.128. The predicted octanol–water partition coefficient (Wildman–Crippen LogP) is 4.85. The number of carbonyl (C=O) groups excluding carboxylic acids is 1. The Morgan fingerprint density at radius 2 is 1.97 bits per heavy atom. The topological polar surface area (TPSA) is 47.4 Å². The molecule has 1 amide bonds. The van der Waals surface area contributed by atoms with Crippen molar-refractivity contribution in [2.45, 2.75) is 25.9 Å². The second-order valence-corrected chi connectivity index (χ2v) is 8.06. The Morgan fingerprint density at radius 1 is 1.23 bits per heavy atom. The highest BCUT2D eigenvalue weighted by Gasteiger charge is 2.20. The van der Waals surface area contributed by atoms with Crippen LogP contribution in [-0.2, 0) is 18.3 Å². The zero-order valence-corrected chi connectivity index (χ0v) is 18.9. The van der Waals surface area contributed by atoms with Crippen LogP contribution in [0, 0.1) is 5.82 Å². The molecule has 2 aromatic carbocycles. The lowest BCUT2D eigenvalue weighted by molar-refractivity contribution is -0.136. The molecule has 0 bridgehead atoms. The Kier molecular flexibility index (Phi) is 7.26. The summed E-state index contributed by atoms with van der Waals surface area (Å²) < 4.78 is 21.3. The summed E-state index contributed by atoms with van der Waals surface area (Å²) in [5.74, 6) is -0.0555. The normalized spacial score (nSPS) is 11.9. The van der Waals surface area contributed by atoms with Gasteiger partial charge in [0.1, 0.15) is 11.6 Å². The standard InChI is InChI=1S/C23H25BrFN3O2/c1-16(30-22-12-11-18(25)14-20(22)24)23(29)27(2)13-7-10-19-15-21(28(3)26-19)17-8-5-4-6-9-17/h4-6,8-9,11-12,14-16H,7,10,13H2,1-3H3. The molecule has 1 heterocycles. The quantitative estimate of drug-likeness (QED) is 0.469. The van der Waals surface area contributed by atoms with Gasteiger partial charge in [-0.1, -0.05) is 30.3 Å². The molecular formula is C23H25BrFN3O2. The summed E-state index contributed by atoms with van der Waals surface area (Å²) in [4.78, 5) is 14.3. The van der Waals surface area contributed by atoms with Gasteiger partial charge in [-0.25, -0.2) is 4.39 Å². The summed E-state index contributed by atoms with van der Waals surface area (Å²) in [5.41, 5.74) is 3.20. The molecular weight excluding hydrogens is 449 g/mol. The second-order valence-electron chi connectivity index (χ2n) is 7.21. The van der Waals surface area contributed by atoms with Gasteiger partial charge in [-0.3, -0.25) is 9.48 Å². The van der Waals surface area contributed by atoms with Crippen molar-refractivity contribution in [2.75, 3.05) is 13.6 Å². The molecule has 0 saturated heterocycles. The molecule has 0 aliphatic carbocycles. The van der Waals surface area contributed by atoms with Crippen molar-refractivity contribution in [1.29, 1.82) is 0 Å². The average Bonchev–Trinajstić information content (AvgIpc) is 3.10. The summed E-state index contributed by atoms with van der Waals surface area (Å²) in [6, 6.07) is 16.4. The lowest BCUT2D eigenvalue weighted by atomic mass is 10.1. The van der Waals surface area contributed by atoms with E-state index >= 15 is 0 Å². The fraction of sp³-hybridized carbons (Fsp3) is 0.304. The lowest BCUT2D eigenvalue weighted by Gasteiger charge is -2.22. The van der Waals surface area contributed by atoms with Gasteiger partial charge in [-0.15, -0.1) is 0 Å². The smallest absolute Gasteiger partial charge is 0.263 e. The van der Waals surface area contributed by atoms with Crippen molar-refractivity contribution in [3.63, 3.8) is 0 Å². The maximum absolute atomic E-state index is 13.2. The third-order valence-corrected chi connectivity index (χ3v) is 5.47. The van der Waals surface area contributed by atoms with E-state index in [1.54, 1.807) is 18.9 Å². The number of amides is 1. The number of aromatic nitrogens is 2. The van der Waals surface area contributed by atoms with Crippen LogP contribution in [0.4, 0.5) is 4.39 Å². The summed E-state index contributed by atoms with van der Waals surface area (Å²) in [6.07, 6.45) is 0.897.